The fourth-order valence-corrected chi connectivity index (χ4v) is 3.80. The van der Waals surface area contributed by atoms with E-state index in [0.717, 1.165) is 12.0 Å². The number of halogens is 2. The molecule has 1 unspecified atom stereocenters. The van der Waals surface area contributed by atoms with E-state index in [9.17, 15) is 4.39 Å². The normalized spacial score (nSPS) is 22.8. The first kappa shape index (κ1) is 14.0. The lowest BCUT2D eigenvalue weighted by atomic mass is 9.98. The summed E-state index contributed by atoms with van der Waals surface area (Å²) in [5.74, 6) is 0.299. The largest absolute Gasteiger partial charge is 0.327 e. The van der Waals surface area contributed by atoms with Crippen LogP contribution >= 0.6 is 15.9 Å². The minimum absolute atomic E-state index is 0.132. The van der Waals surface area contributed by atoms with Crippen LogP contribution in [0.2, 0.25) is 0 Å². The number of nitrogens with two attached hydrogens (primary N) is 1. The zero-order valence-corrected chi connectivity index (χ0v) is 13.0. The van der Waals surface area contributed by atoms with Crippen molar-refractivity contribution in [2.45, 2.75) is 40.2 Å². The molecule has 1 aromatic rings. The van der Waals surface area contributed by atoms with Gasteiger partial charge in [0, 0.05) is 6.04 Å². The molecule has 1 nitrogen and oxygen atoms in total. The summed E-state index contributed by atoms with van der Waals surface area (Å²) in [5.41, 5.74) is 8.02. The molecule has 100 valence electrons. The van der Waals surface area contributed by atoms with Crippen molar-refractivity contribution >= 4 is 15.9 Å². The van der Waals surface area contributed by atoms with E-state index in [1.165, 1.54) is 6.07 Å². The molecule has 0 bridgehead atoms. The standard InChI is InChI=1S/C15H21BrFN/c1-14(2)13(15(14,3)4)12(18)8-9-5-6-11(17)10(16)7-9/h5-7,12-13H,8,18H2,1-4H3. The van der Waals surface area contributed by atoms with Crippen molar-refractivity contribution in [3.63, 3.8) is 0 Å². The molecule has 2 rings (SSSR count). The second-order valence-electron chi connectivity index (χ2n) is 6.54. The van der Waals surface area contributed by atoms with Gasteiger partial charge in [0.15, 0.2) is 0 Å². The molecular formula is C15H21BrFN. The molecule has 0 saturated heterocycles. The Morgan fingerprint density at radius 2 is 1.83 bits per heavy atom. The van der Waals surface area contributed by atoms with E-state index in [4.69, 9.17) is 5.73 Å². The molecule has 3 heteroatoms. The summed E-state index contributed by atoms with van der Waals surface area (Å²) in [7, 11) is 0. The van der Waals surface area contributed by atoms with Gasteiger partial charge in [0.2, 0.25) is 0 Å². The average molecular weight is 314 g/mol. The van der Waals surface area contributed by atoms with Crippen molar-refractivity contribution in [3.8, 4) is 0 Å². The molecular weight excluding hydrogens is 293 g/mol. The van der Waals surface area contributed by atoms with Crippen LogP contribution < -0.4 is 5.73 Å². The molecule has 1 atom stereocenters. The number of hydrogen-bond acceptors (Lipinski definition) is 1. The third-order valence-corrected chi connectivity index (χ3v) is 5.62. The van der Waals surface area contributed by atoms with E-state index in [0.29, 0.717) is 21.2 Å². The molecule has 1 saturated carbocycles. The second-order valence-corrected chi connectivity index (χ2v) is 7.39. The summed E-state index contributed by atoms with van der Waals surface area (Å²) < 4.78 is 13.7. The minimum atomic E-state index is -0.223. The van der Waals surface area contributed by atoms with Crippen molar-refractivity contribution in [2.75, 3.05) is 0 Å². The van der Waals surface area contributed by atoms with Crippen molar-refractivity contribution in [2.24, 2.45) is 22.5 Å². The predicted molar refractivity (Wildman–Crippen MR) is 76.8 cm³/mol. The van der Waals surface area contributed by atoms with Crippen LogP contribution in [-0.2, 0) is 6.42 Å². The Hall–Kier alpha value is -0.410. The van der Waals surface area contributed by atoms with E-state index in [-0.39, 0.29) is 11.9 Å². The summed E-state index contributed by atoms with van der Waals surface area (Å²) in [6.45, 7) is 9.10. The Labute approximate surface area is 117 Å². The summed E-state index contributed by atoms with van der Waals surface area (Å²) in [6, 6.07) is 5.28. The van der Waals surface area contributed by atoms with E-state index in [1.54, 1.807) is 0 Å². The van der Waals surface area contributed by atoms with Gasteiger partial charge in [-0.05, 0) is 56.8 Å². The highest BCUT2D eigenvalue weighted by Gasteiger charge is 2.66. The third-order valence-electron chi connectivity index (χ3n) is 5.02. The molecule has 0 heterocycles. The van der Waals surface area contributed by atoms with Gasteiger partial charge in [0.25, 0.3) is 0 Å². The van der Waals surface area contributed by atoms with Crippen molar-refractivity contribution in [3.05, 3.63) is 34.1 Å². The molecule has 0 radical (unpaired) electrons. The maximum absolute atomic E-state index is 13.2. The molecule has 18 heavy (non-hydrogen) atoms. The predicted octanol–water partition coefficient (Wildman–Crippen LogP) is 4.14. The molecule has 1 aromatic carbocycles. The van der Waals surface area contributed by atoms with Crippen molar-refractivity contribution in [1.82, 2.24) is 0 Å². The topological polar surface area (TPSA) is 26.0 Å². The van der Waals surface area contributed by atoms with Crippen LogP contribution in [0.25, 0.3) is 0 Å². The summed E-state index contributed by atoms with van der Waals surface area (Å²) >= 11 is 3.22. The lowest BCUT2D eigenvalue weighted by Crippen LogP contribution is -2.28. The van der Waals surface area contributed by atoms with E-state index >= 15 is 0 Å². The maximum atomic E-state index is 13.2. The van der Waals surface area contributed by atoms with Crippen molar-refractivity contribution in [1.29, 1.82) is 0 Å². The van der Waals surface area contributed by atoms with Crippen LogP contribution in [0.3, 0.4) is 0 Å². The molecule has 1 fully saturated rings. The van der Waals surface area contributed by atoms with Gasteiger partial charge >= 0.3 is 0 Å². The van der Waals surface area contributed by atoms with Crippen LogP contribution in [0.15, 0.2) is 22.7 Å². The third kappa shape index (κ3) is 2.12. The Morgan fingerprint density at radius 3 is 2.28 bits per heavy atom. The van der Waals surface area contributed by atoms with E-state index in [1.807, 2.05) is 12.1 Å². The zero-order valence-electron chi connectivity index (χ0n) is 11.4. The van der Waals surface area contributed by atoms with Crippen LogP contribution in [0.5, 0.6) is 0 Å². The van der Waals surface area contributed by atoms with Gasteiger partial charge in [0.05, 0.1) is 4.47 Å². The molecule has 0 spiro atoms. The second kappa shape index (κ2) is 4.31. The van der Waals surface area contributed by atoms with Gasteiger partial charge in [-0.25, -0.2) is 4.39 Å². The summed E-state index contributed by atoms with van der Waals surface area (Å²) in [4.78, 5) is 0. The number of hydrogen-bond donors (Lipinski definition) is 1. The summed E-state index contributed by atoms with van der Waals surface area (Å²) in [6.07, 6.45) is 0.802. The lowest BCUT2D eigenvalue weighted by molar-refractivity contribution is 0.457. The SMILES string of the molecule is CC1(C)C(C(N)Cc2ccc(F)c(Br)c2)C1(C)C. The average Bonchev–Trinajstić information content (AvgIpc) is 2.63. The monoisotopic (exact) mass is 313 g/mol. The Morgan fingerprint density at radius 1 is 1.28 bits per heavy atom. The van der Waals surface area contributed by atoms with Crippen LogP contribution in [-0.4, -0.2) is 6.04 Å². The van der Waals surface area contributed by atoms with Gasteiger partial charge in [-0.2, -0.15) is 0 Å². The quantitative estimate of drug-likeness (QED) is 0.891. The zero-order chi connectivity index (χ0) is 13.7. The van der Waals surface area contributed by atoms with Crippen molar-refractivity contribution < 1.29 is 4.39 Å². The Kier molecular flexibility index (Phi) is 3.35. The molecule has 1 aliphatic carbocycles. The number of benzene rings is 1. The first-order valence-corrected chi connectivity index (χ1v) is 7.16. The smallest absolute Gasteiger partial charge is 0.137 e. The van der Waals surface area contributed by atoms with Gasteiger partial charge in [0.1, 0.15) is 5.82 Å². The molecule has 0 aromatic heterocycles. The highest BCUT2D eigenvalue weighted by atomic mass is 79.9. The molecule has 2 N–H and O–H groups in total. The Balaban J connectivity index is 2.09. The lowest BCUT2D eigenvalue weighted by Gasteiger charge is -2.14. The Bertz CT molecular complexity index is 454. The van der Waals surface area contributed by atoms with E-state index < -0.39 is 0 Å². The molecule has 0 amide bonds. The number of rotatable bonds is 3. The van der Waals surface area contributed by atoms with Crippen LogP contribution in [0.1, 0.15) is 33.3 Å². The fourth-order valence-electron chi connectivity index (χ4n) is 3.37. The van der Waals surface area contributed by atoms with Gasteiger partial charge in [-0.3, -0.25) is 0 Å². The maximum Gasteiger partial charge on any atom is 0.137 e. The van der Waals surface area contributed by atoms with E-state index in [2.05, 4.69) is 43.6 Å². The summed E-state index contributed by atoms with van der Waals surface area (Å²) in [5, 5.41) is 0. The molecule has 1 aliphatic rings. The van der Waals surface area contributed by atoms with Gasteiger partial charge in [-0.1, -0.05) is 33.8 Å². The highest BCUT2D eigenvalue weighted by Crippen LogP contribution is 2.69. The first-order valence-electron chi connectivity index (χ1n) is 6.37. The minimum Gasteiger partial charge on any atom is -0.327 e. The van der Waals surface area contributed by atoms with Crippen LogP contribution in [0.4, 0.5) is 4.39 Å². The highest BCUT2D eigenvalue weighted by molar-refractivity contribution is 9.10. The first-order chi connectivity index (χ1) is 8.18. The van der Waals surface area contributed by atoms with Gasteiger partial charge < -0.3 is 5.73 Å². The fraction of sp³-hybridized carbons (Fsp3) is 0.600. The van der Waals surface area contributed by atoms with Crippen LogP contribution in [0, 0.1) is 22.6 Å². The van der Waals surface area contributed by atoms with Gasteiger partial charge in [-0.15, -0.1) is 0 Å². The molecule has 0 aliphatic heterocycles.